The molecule has 0 atom stereocenters. The highest BCUT2D eigenvalue weighted by Gasteiger charge is 2.22. The minimum Gasteiger partial charge on any atom is -0.289 e. The van der Waals surface area contributed by atoms with Gasteiger partial charge in [0.1, 0.15) is 0 Å². The van der Waals surface area contributed by atoms with E-state index >= 15 is 0 Å². The first kappa shape index (κ1) is 27.7. The molecular formula is C48H22O4. The maximum absolute atomic E-state index is 14.8. The van der Waals surface area contributed by atoms with Crippen molar-refractivity contribution in [1.29, 1.82) is 0 Å². The first-order chi connectivity index (χ1) is 25.5. The zero-order valence-electron chi connectivity index (χ0n) is 27.3. The van der Waals surface area contributed by atoms with Crippen LogP contribution in [0, 0.1) is 0 Å². The molecule has 238 valence electrons. The second-order valence-corrected chi connectivity index (χ2v) is 14.1. The molecule has 0 saturated heterocycles. The molecule has 0 amide bonds. The molecular weight excluding hydrogens is 641 g/mol. The lowest BCUT2D eigenvalue weighted by atomic mass is 9.95. The van der Waals surface area contributed by atoms with Crippen molar-refractivity contribution >= 4 is 108 Å². The maximum Gasteiger partial charge on any atom is 0.195 e. The van der Waals surface area contributed by atoms with Crippen LogP contribution in [-0.2, 0) is 0 Å². The summed E-state index contributed by atoms with van der Waals surface area (Å²) in [4.78, 5) is 55.4. The fraction of sp³-hybridized carbons (Fsp3) is 0. The van der Waals surface area contributed by atoms with Crippen LogP contribution in [-0.4, -0.2) is 0 Å². The Morgan fingerprint density at radius 1 is 0.231 bits per heavy atom. The monoisotopic (exact) mass is 662 g/mol. The van der Waals surface area contributed by atoms with E-state index in [0.29, 0.717) is 43.1 Å². The van der Waals surface area contributed by atoms with Crippen molar-refractivity contribution in [2.75, 3.05) is 0 Å². The summed E-state index contributed by atoms with van der Waals surface area (Å²) in [5.74, 6) is 0. The Balaban J connectivity index is 1.17. The molecule has 0 unspecified atom stereocenters. The largest absolute Gasteiger partial charge is 0.289 e. The Morgan fingerprint density at radius 2 is 0.692 bits per heavy atom. The summed E-state index contributed by atoms with van der Waals surface area (Å²) in [7, 11) is 0. The smallest absolute Gasteiger partial charge is 0.195 e. The van der Waals surface area contributed by atoms with Crippen molar-refractivity contribution in [3.63, 3.8) is 0 Å². The lowest BCUT2D eigenvalue weighted by Gasteiger charge is -2.07. The zero-order valence-corrected chi connectivity index (χ0v) is 27.3. The van der Waals surface area contributed by atoms with Gasteiger partial charge in [-0.25, -0.2) is 0 Å². The summed E-state index contributed by atoms with van der Waals surface area (Å²) in [5, 5.41) is 15.5. The molecule has 12 aromatic rings. The molecule has 0 heterocycles. The van der Waals surface area contributed by atoms with E-state index < -0.39 is 0 Å². The highest BCUT2D eigenvalue weighted by atomic mass is 16.1. The third-order valence-corrected chi connectivity index (χ3v) is 11.6. The number of rotatable bonds is 1. The lowest BCUT2D eigenvalue weighted by molar-refractivity contribution is 1.72. The summed E-state index contributed by atoms with van der Waals surface area (Å²) >= 11 is 0. The highest BCUT2D eigenvalue weighted by Crippen LogP contribution is 2.42. The van der Waals surface area contributed by atoms with Gasteiger partial charge in [-0.15, -0.1) is 0 Å². The van der Waals surface area contributed by atoms with Gasteiger partial charge in [0.15, 0.2) is 21.7 Å². The maximum atomic E-state index is 14.8. The molecule has 52 heavy (non-hydrogen) atoms. The zero-order chi connectivity index (χ0) is 34.6. The van der Waals surface area contributed by atoms with Gasteiger partial charge in [0, 0.05) is 48.5 Å². The Labute approximate surface area is 292 Å². The molecule has 0 aliphatic carbocycles. The van der Waals surface area contributed by atoms with Crippen molar-refractivity contribution in [3.05, 3.63) is 174 Å². The Kier molecular flexibility index (Phi) is 5.01. The summed E-state index contributed by atoms with van der Waals surface area (Å²) in [6.07, 6.45) is 0. The van der Waals surface area contributed by atoms with Crippen LogP contribution in [0.4, 0.5) is 0 Å². The lowest BCUT2D eigenvalue weighted by Crippen LogP contribution is -1.98. The molecule has 0 fully saturated rings. The van der Waals surface area contributed by atoms with Gasteiger partial charge in [-0.1, -0.05) is 97.1 Å². The number of hydrogen-bond acceptors (Lipinski definition) is 4. The molecule has 12 rings (SSSR count). The Morgan fingerprint density at radius 3 is 1.37 bits per heavy atom. The van der Waals surface area contributed by atoms with Crippen LogP contribution < -0.4 is 21.7 Å². The fourth-order valence-electron chi connectivity index (χ4n) is 9.30. The molecule has 0 aliphatic rings. The normalized spacial score (nSPS) is 12.5. The van der Waals surface area contributed by atoms with Crippen molar-refractivity contribution in [2.45, 2.75) is 0 Å². The van der Waals surface area contributed by atoms with E-state index in [1.165, 1.54) is 0 Å². The van der Waals surface area contributed by atoms with Crippen LogP contribution in [0.25, 0.3) is 119 Å². The van der Waals surface area contributed by atoms with E-state index in [1.807, 2.05) is 121 Å². The van der Waals surface area contributed by atoms with E-state index in [2.05, 4.69) is 12.1 Å². The minimum atomic E-state index is -0.0688. The minimum absolute atomic E-state index is 0.00367. The van der Waals surface area contributed by atoms with Crippen LogP contribution in [0.5, 0.6) is 0 Å². The SMILES string of the molecule is O=c1c2ccccc2c2cc3cc4c(cc3cc12)c(=O)c1cccc(-c2cccc3c2c(=O)c2c5cc6c(cc5ccc32)c(=O)c2ccccc26)c14. The third kappa shape index (κ3) is 3.28. The first-order valence-corrected chi connectivity index (χ1v) is 17.3. The van der Waals surface area contributed by atoms with Crippen molar-refractivity contribution in [2.24, 2.45) is 0 Å². The quantitative estimate of drug-likeness (QED) is 0.175. The molecule has 0 saturated carbocycles. The van der Waals surface area contributed by atoms with Crippen LogP contribution in [0.3, 0.4) is 0 Å². The topological polar surface area (TPSA) is 68.3 Å². The summed E-state index contributed by atoms with van der Waals surface area (Å²) in [6.45, 7) is 0. The molecule has 4 heteroatoms. The van der Waals surface area contributed by atoms with Crippen molar-refractivity contribution in [1.82, 2.24) is 0 Å². The summed E-state index contributed by atoms with van der Waals surface area (Å²) < 4.78 is 0. The van der Waals surface area contributed by atoms with E-state index in [4.69, 9.17) is 0 Å². The molecule has 0 radical (unpaired) electrons. The van der Waals surface area contributed by atoms with Gasteiger partial charge in [-0.05, 0) is 107 Å². The van der Waals surface area contributed by atoms with E-state index in [0.717, 1.165) is 75.8 Å². The fourth-order valence-corrected chi connectivity index (χ4v) is 9.30. The van der Waals surface area contributed by atoms with Gasteiger partial charge >= 0.3 is 0 Å². The molecule has 0 bridgehead atoms. The number of hydrogen-bond donors (Lipinski definition) is 0. The Hall–Kier alpha value is -7.04. The van der Waals surface area contributed by atoms with Gasteiger partial charge in [0.05, 0.1) is 0 Å². The molecule has 0 N–H and O–H groups in total. The van der Waals surface area contributed by atoms with E-state index in [-0.39, 0.29) is 21.7 Å². The third-order valence-electron chi connectivity index (χ3n) is 11.6. The second-order valence-electron chi connectivity index (χ2n) is 14.1. The van der Waals surface area contributed by atoms with E-state index in [9.17, 15) is 19.2 Å². The number of fused-ring (bicyclic) bond motifs is 15. The molecule has 4 nitrogen and oxygen atoms in total. The van der Waals surface area contributed by atoms with Crippen LogP contribution in [0.1, 0.15) is 0 Å². The van der Waals surface area contributed by atoms with Crippen molar-refractivity contribution < 1.29 is 0 Å². The van der Waals surface area contributed by atoms with E-state index in [1.54, 1.807) is 0 Å². The molecule has 0 spiro atoms. The van der Waals surface area contributed by atoms with Gasteiger partial charge in [-0.2, -0.15) is 0 Å². The van der Waals surface area contributed by atoms with Crippen LogP contribution in [0.2, 0.25) is 0 Å². The molecule has 0 aromatic heterocycles. The predicted molar refractivity (Wildman–Crippen MR) is 217 cm³/mol. The molecule has 0 aliphatic heterocycles. The molecule has 12 aromatic carbocycles. The summed E-state index contributed by atoms with van der Waals surface area (Å²) in [6, 6.07) is 42.9. The van der Waals surface area contributed by atoms with Gasteiger partial charge < -0.3 is 0 Å². The summed E-state index contributed by atoms with van der Waals surface area (Å²) in [5.41, 5.74) is 1.48. The number of benzene rings is 8. The van der Waals surface area contributed by atoms with Crippen LogP contribution >= 0.6 is 0 Å². The van der Waals surface area contributed by atoms with Crippen molar-refractivity contribution in [3.8, 4) is 11.1 Å². The average Bonchev–Trinajstić information content (AvgIpc) is 3.84. The highest BCUT2D eigenvalue weighted by molar-refractivity contribution is 6.28. The second kappa shape index (κ2) is 9.39. The average molecular weight is 663 g/mol. The Bertz CT molecular complexity index is 3830. The first-order valence-electron chi connectivity index (χ1n) is 17.3. The predicted octanol–water partition coefficient (Wildman–Crippen LogP) is 10.1. The van der Waals surface area contributed by atoms with Gasteiger partial charge in [0.25, 0.3) is 0 Å². The standard InChI is InChI=1S/C48H22O4/c49-45-33-10-4-2-8-27(33)37-22-35-23(17-39(37)45)15-16-31-30-13-5-12-29(43(30)48(52)44(31)35)28-11-6-14-34-42(28)38-19-24-18-36-26-7-1-3-9-32(26)46(50)40(36)20-25(24)21-41(38)47(34)51/h1-22H. The van der Waals surface area contributed by atoms with Crippen LogP contribution in [0.15, 0.2) is 153 Å². The van der Waals surface area contributed by atoms with Gasteiger partial charge in [-0.3, -0.25) is 19.2 Å². The van der Waals surface area contributed by atoms with Gasteiger partial charge in [0.2, 0.25) is 0 Å².